The van der Waals surface area contributed by atoms with Crippen LogP contribution in [0.5, 0.6) is 0 Å². The van der Waals surface area contributed by atoms with E-state index >= 15 is 0 Å². The van der Waals surface area contributed by atoms with E-state index in [1.54, 1.807) is 30.6 Å². The minimum Gasteiger partial charge on any atom is -0.507 e. The molecule has 1 aromatic heterocycles. The highest BCUT2D eigenvalue weighted by Crippen LogP contribution is 2.40. The zero-order chi connectivity index (χ0) is 21.3. The van der Waals surface area contributed by atoms with Crippen LogP contribution in [0.3, 0.4) is 0 Å². The monoisotopic (exact) mass is 398 g/mol. The molecule has 5 heteroatoms. The van der Waals surface area contributed by atoms with Crippen LogP contribution in [-0.2, 0) is 16.1 Å². The van der Waals surface area contributed by atoms with Crippen molar-refractivity contribution in [2.45, 2.75) is 26.4 Å². The molecule has 30 heavy (non-hydrogen) atoms. The maximum Gasteiger partial charge on any atom is 0.295 e. The van der Waals surface area contributed by atoms with Gasteiger partial charge in [0.05, 0.1) is 11.6 Å². The summed E-state index contributed by atoms with van der Waals surface area (Å²) in [5.74, 6) is -1.46. The molecule has 0 radical (unpaired) electrons. The summed E-state index contributed by atoms with van der Waals surface area (Å²) in [6.45, 7) is 4.15. The van der Waals surface area contributed by atoms with Gasteiger partial charge in [-0.3, -0.25) is 14.6 Å². The first-order valence-electron chi connectivity index (χ1n) is 9.76. The molecule has 1 aliphatic rings. The zero-order valence-corrected chi connectivity index (χ0v) is 16.9. The summed E-state index contributed by atoms with van der Waals surface area (Å²) in [5, 5.41) is 11.0. The highest BCUT2D eigenvalue weighted by Gasteiger charge is 2.46. The van der Waals surface area contributed by atoms with Crippen LogP contribution in [0.15, 0.2) is 78.6 Å². The highest BCUT2D eigenvalue weighted by molar-refractivity contribution is 6.46. The van der Waals surface area contributed by atoms with Gasteiger partial charge in [-0.2, -0.15) is 0 Å². The lowest BCUT2D eigenvalue weighted by atomic mass is 9.94. The molecule has 0 spiro atoms. The molecule has 0 unspecified atom stereocenters. The van der Waals surface area contributed by atoms with Crippen molar-refractivity contribution in [2.24, 2.45) is 0 Å². The van der Waals surface area contributed by atoms with Crippen LogP contribution in [-0.4, -0.2) is 26.7 Å². The lowest BCUT2D eigenvalue weighted by Gasteiger charge is -2.25. The number of aryl methyl sites for hydroxylation is 2. The predicted octanol–water partition coefficient (Wildman–Crippen LogP) is 4.32. The SMILES string of the molecule is Cc1ccc(C(O)=C2C(=O)C(=O)N(Cc3cccnc3)[C@@H]2c2ccc(C)cc2)cc1. The van der Waals surface area contributed by atoms with Gasteiger partial charge in [-0.25, -0.2) is 0 Å². The Morgan fingerprint density at radius 2 is 1.60 bits per heavy atom. The zero-order valence-electron chi connectivity index (χ0n) is 16.9. The van der Waals surface area contributed by atoms with Gasteiger partial charge in [0.15, 0.2) is 0 Å². The second kappa shape index (κ2) is 7.95. The number of nitrogens with zero attached hydrogens (tertiary/aromatic N) is 2. The highest BCUT2D eigenvalue weighted by atomic mass is 16.3. The molecular weight excluding hydrogens is 376 g/mol. The van der Waals surface area contributed by atoms with Crippen LogP contribution in [0.25, 0.3) is 5.76 Å². The average molecular weight is 398 g/mol. The van der Waals surface area contributed by atoms with Gasteiger partial charge in [0.25, 0.3) is 11.7 Å². The Hall–Kier alpha value is -3.73. The molecule has 1 saturated heterocycles. The van der Waals surface area contributed by atoms with Crippen LogP contribution in [0.1, 0.15) is 33.9 Å². The van der Waals surface area contributed by atoms with Crippen molar-refractivity contribution >= 4 is 17.4 Å². The number of benzene rings is 2. The predicted molar refractivity (Wildman–Crippen MR) is 114 cm³/mol. The van der Waals surface area contributed by atoms with Crippen molar-refractivity contribution in [2.75, 3.05) is 0 Å². The Kier molecular flexibility index (Phi) is 5.19. The van der Waals surface area contributed by atoms with E-state index in [2.05, 4.69) is 4.98 Å². The van der Waals surface area contributed by atoms with Crippen molar-refractivity contribution in [1.82, 2.24) is 9.88 Å². The lowest BCUT2D eigenvalue weighted by Crippen LogP contribution is -2.29. The molecule has 3 aromatic rings. The van der Waals surface area contributed by atoms with Gasteiger partial charge >= 0.3 is 0 Å². The first-order chi connectivity index (χ1) is 14.5. The molecule has 1 atom stereocenters. The second-order valence-corrected chi connectivity index (χ2v) is 7.56. The maximum atomic E-state index is 13.0. The number of amides is 1. The first kappa shape index (κ1) is 19.6. The summed E-state index contributed by atoms with van der Waals surface area (Å²) >= 11 is 0. The van der Waals surface area contributed by atoms with Crippen LogP contribution < -0.4 is 0 Å². The minimum atomic E-state index is -0.678. The molecule has 2 heterocycles. The van der Waals surface area contributed by atoms with E-state index in [4.69, 9.17) is 0 Å². The molecular formula is C25H22N2O3. The van der Waals surface area contributed by atoms with Crippen molar-refractivity contribution < 1.29 is 14.7 Å². The Balaban J connectivity index is 1.85. The van der Waals surface area contributed by atoms with Gasteiger partial charge in [0.2, 0.25) is 0 Å². The molecule has 1 amide bonds. The van der Waals surface area contributed by atoms with Gasteiger partial charge in [-0.05, 0) is 31.0 Å². The average Bonchev–Trinajstić information content (AvgIpc) is 3.00. The normalized spacial score (nSPS) is 18.1. The van der Waals surface area contributed by atoms with Crippen LogP contribution in [0.2, 0.25) is 0 Å². The number of pyridine rings is 1. The fraction of sp³-hybridized carbons (Fsp3) is 0.160. The standard InChI is InChI=1S/C25H22N2O3/c1-16-5-9-19(10-6-16)22-21(23(28)20-11-7-17(2)8-12-20)24(29)25(30)27(22)15-18-4-3-13-26-14-18/h3-14,22,28H,15H2,1-2H3/t22-/m1/s1. The topological polar surface area (TPSA) is 70.5 Å². The third-order valence-corrected chi connectivity index (χ3v) is 5.33. The van der Waals surface area contributed by atoms with Gasteiger partial charge < -0.3 is 10.0 Å². The fourth-order valence-corrected chi connectivity index (χ4v) is 3.69. The molecule has 0 aliphatic carbocycles. The lowest BCUT2D eigenvalue weighted by molar-refractivity contribution is -0.140. The minimum absolute atomic E-state index is 0.108. The van der Waals surface area contributed by atoms with Gasteiger partial charge in [-0.15, -0.1) is 0 Å². The van der Waals surface area contributed by atoms with E-state index in [1.165, 1.54) is 4.90 Å². The summed E-state index contributed by atoms with van der Waals surface area (Å²) in [6, 6.07) is 17.9. The molecule has 150 valence electrons. The molecule has 2 aromatic carbocycles. The van der Waals surface area contributed by atoms with Crippen molar-refractivity contribution in [3.05, 3.63) is 106 Å². The third kappa shape index (κ3) is 3.62. The maximum absolute atomic E-state index is 13.0. The Morgan fingerprint density at radius 3 is 2.20 bits per heavy atom. The fourth-order valence-electron chi connectivity index (χ4n) is 3.69. The van der Waals surface area contributed by atoms with Crippen LogP contribution in [0, 0.1) is 13.8 Å². The summed E-state index contributed by atoms with van der Waals surface area (Å²) in [7, 11) is 0. The van der Waals surface area contributed by atoms with E-state index in [0.29, 0.717) is 5.56 Å². The van der Waals surface area contributed by atoms with Crippen LogP contribution >= 0.6 is 0 Å². The molecule has 1 fully saturated rings. The van der Waals surface area contributed by atoms with Crippen molar-refractivity contribution in [1.29, 1.82) is 0 Å². The summed E-state index contributed by atoms with van der Waals surface area (Å²) < 4.78 is 0. The Bertz CT molecular complexity index is 1120. The largest absolute Gasteiger partial charge is 0.507 e. The molecule has 5 nitrogen and oxygen atoms in total. The number of carbonyl (C=O) groups excluding carboxylic acids is 2. The van der Waals surface area contributed by atoms with Gasteiger partial charge in [0, 0.05) is 24.5 Å². The summed E-state index contributed by atoms with van der Waals surface area (Å²) in [4.78, 5) is 31.6. The number of likely N-dealkylation sites (tertiary alicyclic amines) is 1. The third-order valence-electron chi connectivity index (χ3n) is 5.33. The van der Waals surface area contributed by atoms with Crippen molar-refractivity contribution in [3.63, 3.8) is 0 Å². The molecule has 1 N–H and O–H groups in total. The molecule has 1 aliphatic heterocycles. The van der Waals surface area contributed by atoms with E-state index in [9.17, 15) is 14.7 Å². The number of Topliss-reactive ketones (excluding diaryl/α,β-unsaturated/α-hetero) is 1. The number of carbonyl (C=O) groups is 2. The Morgan fingerprint density at radius 1 is 0.967 bits per heavy atom. The van der Waals surface area contributed by atoms with Gasteiger partial charge in [-0.1, -0.05) is 65.7 Å². The quantitative estimate of drug-likeness (QED) is 0.404. The number of rotatable bonds is 4. The summed E-state index contributed by atoms with van der Waals surface area (Å²) in [5.41, 5.74) is 4.32. The smallest absolute Gasteiger partial charge is 0.295 e. The number of aliphatic hydroxyl groups is 1. The van der Waals surface area contributed by atoms with Gasteiger partial charge in [0.1, 0.15) is 5.76 Å². The number of aliphatic hydroxyl groups excluding tert-OH is 1. The number of hydrogen-bond acceptors (Lipinski definition) is 4. The molecule has 4 rings (SSSR count). The van der Waals surface area contributed by atoms with Crippen molar-refractivity contribution in [3.8, 4) is 0 Å². The van der Waals surface area contributed by atoms with E-state index in [1.807, 2.05) is 56.3 Å². The molecule has 0 saturated carbocycles. The first-order valence-corrected chi connectivity index (χ1v) is 9.76. The number of ketones is 1. The number of aromatic nitrogens is 1. The van der Waals surface area contributed by atoms with E-state index < -0.39 is 17.7 Å². The van der Waals surface area contributed by atoms with E-state index in [-0.39, 0.29) is 17.9 Å². The second-order valence-electron chi connectivity index (χ2n) is 7.56. The summed E-state index contributed by atoms with van der Waals surface area (Å²) in [6.07, 6.45) is 3.33. The van der Waals surface area contributed by atoms with E-state index in [0.717, 1.165) is 22.3 Å². The molecule has 0 bridgehead atoms. The Labute approximate surface area is 175 Å². The number of hydrogen-bond donors (Lipinski definition) is 1. The van der Waals surface area contributed by atoms with Crippen LogP contribution in [0.4, 0.5) is 0 Å².